The normalized spacial score (nSPS) is 12.3. The maximum Gasteiger partial charge on any atom is 0.390 e. The largest absolute Gasteiger partial charge is 0.390 e. The molecule has 1 aromatic carbocycles. The summed E-state index contributed by atoms with van der Waals surface area (Å²) in [5, 5.41) is 10.3. The molecule has 2 rings (SSSR count). The summed E-state index contributed by atoms with van der Waals surface area (Å²) in [4.78, 5) is 8.16. The lowest BCUT2D eigenvalue weighted by molar-refractivity contribution is -0.132. The lowest BCUT2D eigenvalue weighted by Crippen LogP contribution is -2.38. The Hall–Kier alpha value is -2.29. The summed E-state index contributed by atoms with van der Waals surface area (Å²) in [6, 6.07) is 7.03. The first-order valence-electron chi connectivity index (χ1n) is 8.05. The van der Waals surface area contributed by atoms with Crippen LogP contribution in [-0.2, 0) is 6.42 Å². The Morgan fingerprint density at radius 2 is 1.96 bits per heavy atom. The highest BCUT2D eigenvalue weighted by Crippen LogP contribution is 2.19. The van der Waals surface area contributed by atoms with Crippen LogP contribution in [0.2, 0.25) is 5.02 Å². The van der Waals surface area contributed by atoms with Crippen LogP contribution in [0.25, 0.3) is 11.4 Å². The lowest BCUT2D eigenvalue weighted by Gasteiger charge is -2.10. The third kappa shape index (κ3) is 6.91. The average molecular weight is 390 g/mol. The standard InChI is InChI=1S/C16H19ClF3N5O/c1-2-21-15(23-10-8-16(18,19)20)22-9-7-13-24-14(25-26-13)11-3-5-12(17)6-4-11/h3-6H,2,7-10H2,1H3,(H2,21,22,23). The molecule has 0 aliphatic carbocycles. The van der Waals surface area contributed by atoms with Gasteiger partial charge in [-0.15, -0.1) is 0 Å². The number of hydrogen-bond donors (Lipinski definition) is 2. The molecule has 26 heavy (non-hydrogen) atoms. The smallest absolute Gasteiger partial charge is 0.357 e. The fourth-order valence-electron chi connectivity index (χ4n) is 2.00. The second-order valence-corrected chi connectivity index (χ2v) is 5.76. The van der Waals surface area contributed by atoms with E-state index in [9.17, 15) is 13.2 Å². The predicted octanol–water partition coefficient (Wildman–Crippen LogP) is 3.44. The molecule has 0 aliphatic heterocycles. The van der Waals surface area contributed by atoms with Crippen molar-refractivity contribution in [1.82, 2.24) is 20.8 Å². The Kier molecular flexibility index (Phi) is 7.26. The molecule has 10 heteroatoms. The molecule has 142 valence electrons. The first-order chi connectivity index (χ1) is 12.4. The van der Waals surface area contributed by atoms with Crippen LogP contribution in [0.15, 0.2) is 33.8 Å². The van der Waals surface area contributed by atoms with Crippen LogP contribution in [0.1, 0.15) is 19.2 Å². The summed E-state index contributed by atoms with van der Waals surface area (Å²) in [6.45, 7) is 2.43. The molecular formula is C16H19ClF3N5O. The van der Waals surface area contributed by atoms with Crippen molar-refractivity contribution in [3.8, 4) is 11.4 Å². The molecule has 0 aliphatic rings. The second kappa shape index (κ2) is 9.42. The molecule has 0 spiro atoms. The molecule has 0 atom stereocenters. The van der Waals surface area contributed by atoms with E-state index in [1.54, 1.807) is 24.3 Å². The molecule has 2 aromatic rings. The molecule has 2 N–H and O–H groups in total. The van der Waals surface area contributed by atoms with Crippen LogP contribution in [0.5, 0.6) is 0 Å². The van der Waals surface area contributed by atoms with Gasteiger partial charge in [0.2, 0.25) is 11.7 Å². The van der Waals surface area contributed by atoms with E-state index >= 15 is 0 Å². The summed E-state index contributed by atoms with van der Waals surface area (Å²) in [6.07, 6.45) is -4.77. The number of guanidine groups is 1. The third-order valence-corrected chi connectivity index (χ3v) is 3.46. The van der Waals surface area contributed by atoms with E-state index in [-0.39, 0.29) is 6.54 Å². The summed E-state index contributed by atoms with van der Waals surface area (Å²) < 4.78 is 41.7. The number of nitrogens with zero attached hydrogens (tertiary/aromatic N) is 3. The van der Waals surface area contributed by atoms with Crippen molar-refractivity contribution in [3.63, 3.8) is 0 Å². The van der Waals surface area contributed by atoms with Crippen molar-refractivity contribution in [2.24, 2.45) is 4.99 Å². The average Bonchev–Trinajstić information content (AvgIpc) is 3.03. The molecule has 0 unspecified atom stereocenters. The molecule has 0 amide bonds. The fraction of sp³-hybridized carbons (Fsp3) is 0.438. The van der Waals surface area contributed by atoms with Gasteiger partial charge in [0.15, 0.2) is 5.96 Å². The van der Waals surface area contributed by atoms with E-state index in [2.05, 4.69) is 25.8 Å². The molecule has 1 heterocycles. The number of aliphatic imine (C=N–C) groups is 1. The molecule has 6 nitrogen and oxygen atoms in total. The fourth-order valence-corrected chi connectivity index (χ4v) is 2.12. The Balaban J connectivity index is 1.85. The lowest BCUT2D eigenvalue weighted by atomic mass is 10.2. The predicted molar refractivity (Wildman–Crippen MR) is 93.1 cm³/mol. The highest BCUT2D eigenvalue weighted by Gasteiger charge is 2.26. The maximum absolute atomic E-state index is 12.2. The van der Waals surface area contributed by atoms with Crippen molar-refractivity contribution < 1.29 is 17.7 Å². The van der Waals surface area contributed by atoms with Crippen LogP contribution in [0.3, 0.4) is 0 Å². The van der Waals surface area contributed by atoms with E-state index in [4.69, 9.17) is 16.1 Å². The van der Waals surface area contributed by atoms with Crippen LogP contribution in [0.4, 0.5) is 13.2 Å². The monoisotopic (exact) mass is 389 g/mol. The second-order valence-electron chi connectivity index (χ2n) is 5.32. The highest BCUT2D eigenvalue weighted by molar-refractivity contribution is 6.30. The van der Waals surface area contributed by atoms with E-state index in [1.807, 2.05) is 6.92 Å². The van der Waals surface area contributed by atoms with Gasteiger partial charge in [0.05, 0.1) is 13.0 Å². The number of aromatic nitrogens is 2. The number of benzene rings is 1. The van der Waals surface area contributed by atoms with Crippen LogP contribution >= 0.6 is 11.6 Å². The van der Waals surface area contributed by atoms with E-state index in [0.717, 1.165) is 5.56 Å². The van der Waals surface area contributed by atoms with Gasteiger partial charge in [-0.2, -0.15) is 18.2 Å². The zero-order valence-corrected chi connectivity index (χ0v) is 14.9. The van der Waals surface area contributed by atoms with Crippen LogP contribution in [-0.4, -0.2) is 41.9 Å². The number of halogens is 4. The van der Waals surface area contributed by atoms with Crippen molar-refractivity contribution in [1.29, 1.82) is 0 Å². The molecule has 0 radical (unpaired) electrons. The van der Waals surface area contributed by atoms with Gasteiger partial charge in [0, 0.05) is 30.1 Å². The van der Waals surface area contributed by atoms with Crippen molar-refractivity contribution in [2.75, 3.05) is 19.6 Å². The number of hydrogen-bond acceptors (Lipinski definition) is 4. The van der Waals surface area contributed by atoms with E-state index in [1.165, 1.54) is 0 Å². The maximum atomic E-state index is 12.2. The zero-order valence-electron chi connectivity index (χ0n) is 14.1. The molecule has 1 aromatic heterocycles. The zero-order chi connectivity index (χ0) is 19.0. The quantitative estimate of drug-likeness (QED) is 0.560. The van der Waals surface area contributed by atoms with Gasteiger partial charge >= 0.3 is 6.18 Å². The molecule has 0 fully saturated rings. The minimum Gasteiger partial charge on any atom is -0.357 e. The van der Waals surface area contributed by atoms with Gasteiger partial charge in [-0.25, -0.2) is 0 Å². The number of alkyl halides is 3. The minimum atomic E-state index is -4.22. The Labute approximate surface area is 153 Å². The van der Waals surface area contributed by atoms with Gasteiger partial charge in [0.25, 0.3) is 0 Å². The molecule has 0 bridgehead atoms. The SMILES string of the molecule is CCNC(=NCCC(F)(F)F)NCCc1nc(-c2ccc(Cl)cc2)no1. The molecule has 0 saturated heterocycles. The van der Waals surface area contributed by atoms with Gasteiger partial charge in [0.1, 0.15) is 0 Å². The van der Waals surface area contributed by atoms with Crippen molar-refractivity contribution >= 4 is 17.6 Å². The Morgan fingerprint density at radius 1 is 1.23 bits per heavy atom. The van der Waals surface area contributed by atoms with E-state index < -0.39 is 12.6 Å². The first kappa shape index (κ1) is 20.0. The Bertz CT molecular complexity index is 715. The first-order valence-corrected chi connectivity index (χ1v) is 8.42. The van der Waals surface area contributed by atoms with E-state index in [0.29, 0.717) is 42.2 Å². The summed E-state index contributed by atoms with van der Waals surface area (Å²) in [5.74, 6) is 1.17. The van der Waals surface area contributed by atoms with Gasteiger partial charge in [-0.05, 0) is 31.2 Å². The number of nitrogens with one attached hydrogen (secondary N) is 2. The molecular weight excluding hydrogens is 371 g/mol. The Morgan fingerprint density at radius 3 is 2.62 bits per heavy atom. The summed E-state index contributed by atoms with van der Waals surface area (Å²) >= 11 is 5.84. The van der Waals surface area contributed by atoms with Crippen LogP contribution < -0.4 is 10.6 Å². The topological polar surface area (TPSA) is 75.3 Å². The van der Waals surface area contributed by atoms with Crippen molar-refractivity contribution in [2.45, 2.75) is 25.9 Å². The third-order valence-electron chi connectivity index (χ3n) is 3.21. The van der Waals surface area contributed by atoms with Gasteiger partial charge < -0.3 is 15.2 Å². The number of rotatable bonds is 7. The van der Waals surface area contributed by atoms with Gasteiger partial charge in [-0.3, -0.25) is 4.99 Å². The summed E-state index contributed by atoms with van der Waals surface area (Å²) in [7, 11) is 0. The highest BCUT2D eigenvalue weighted by atomic mass is 35.5. The summed E-state index contributed by atoms with van der Waals surface area (Å²) in [5.41, 5.74) is 0.777. The molecule has 0 saturated carbocycles. The minimum absolute atomic E-state index is 0.314. The van der Waals surface area contributed by atoms with Crippen LogP contribution in [0, 0.1) is 0 Å². The van der Waals surface area contributed by atoms with Crippen molar-refractivity contribution in [3.05, 3.63) is 35.2 Å². The van der Waals surface area contributed by atoms with Gasteiger partial charge in [-0.1, -0.05) is 16.8 Å².